The molecule has 106 valence electrons. The molecule has 3 heteroatoms. The number of likely N-dealkylation sites (tertiary alicyclic amines) is 1. The van der Waals surface area contributed by atoms with Gasteiger partial charge >= 0.3 is 0 Å². The lowest BCUT2D eigenvalue weighted by atomic mass is 9.91. The highest BCUT2D eigenvalue weighted by molar-refractivity contribution is 5.01. The topological polar surface area (TPSA) is 38.5 Å². The molecule has 2 unspecified atom stereocenters. The van der Waals surface area contributed by atoms with E-state index in [1.54, 1.807) is 0 Å². The first-order valence-electron chi connectivity index (χ1n) is 7.52. The van der Waals surface area contributed by atoms with Crippen LogP contribution in [0.4, 0.5) is 0 Å². The zero-order chi connectivity index (χ0) is 13.4. The molecule has 0 bridgehead atoms. The molecule has 2 N–H and O–H groups in total. The van der Waals surface area contributed by atoms with Crippen molar-refractivity contribution in [1.29, 1.82) is 0 Å². The molecule has 2 fully saturated rings. The van der Waals surface area contributed by atoms with Crippen molar-refractivity contribution in [1.82, 2.24) is 4.90 Å². The quantitative estimate of drug-likeness (QED) is 0.823. The van der Waals surface area contributed by atoms with E-state index < -0.39 is 0 Å². The van der Waals surface area contributed by atoms with Gasteiger partial charge in [-0.15, -0.1) is 0 Å². The van der Waals surface area contributed by atoms with Crippen molar-refractivity contribution in [2.75, 3.05) is 13.1 Å². The Kier molecular flexibility index (Phi) is 4.05. The zero-order valence-corrected chi connectivity index (χ0v) is 12.5. The molecule has 0 spiro atoms. The molecule has 2 atom stereocenters. The molecule has 0 aromatic carbocycles. The predicted octanol–water partition coefficient (Wildman–Crippen LogP) is 2.54. The van der Waals surface area contributed by atoms with Crippen LogP contribution in [-0.2, 0) is 4.74 Å². The first-order chi connectivity index (χ1) is 8.36. The van der Waals surface area contributed by atoms with Gasteiger partial charge in [0, 0.05) is 18.6 Å². The SMILES string of the molecule is CC1(C)CC(N2CCCCCC2CN)C(C)(C)O1. The normalized spacial score (nSPS) is 36.5. The summed E-state index contributed by atoms with van der Waals surface area (Å²) >= 11 is 0. The maximum Gasteiger partial charge on any atom is 0.0789 e. The minimum atomic E-state index is -0.0543. The van der Waals surface area contributed by atoms with E-state index in [0.717, 1.165) is 13.0 Å². The average Bonchev–Trinajstić information content (AvgIpc) is 2.44. The number of nitrogens with two attached hydrogens (primary N) is 1. The molecular formula is C15H30N2O. The Labute approximate surface area is 112 Å². The van der Waals surface area contributed by atoms with Crippen LogP contribution in [0, 0.1) is 0 Å². The second-order valence-corrected chi connectivity index (χ2v) is 7.16. The standard InChI is InChI=1S/C15H30N2O/c1-14(2)10-13(15(3,4)18-14)17-9-7-5-6-8-12(17)11-16/h12-13H,5-11,16H2,1-4H3. The molecule has 0 amide bonds. The number of hydrogen-bond donors (Lipinski definition) is 1. The van der Waals surface area contributed by atoms with E-state index in [1.807, 2.05) is 0 Å². The van der Waals surface area contributed by atoms with Crippen molar-refractivity contribution < 1.29 is 4.74 Å². The van der Waals surface area contributed by atoms with Crippen molar-refractivity contribution in [3.05, 3.63) is 0 Å². The molecule has 2 rings (SSSR count). The first-order valence-corrected chi connectivity index (χ1v) is 7.52. The van der Waals surface area contributed by atoms with E-state index in [9.17, 15) is 0 Å². The predicted molar refractivity (Wildman–Crippen MR) is 75.7 cm³/mol. The zero-order valence-electron chi connectivity index (χ0n) is 12.5. The molecule has 0 saturated carbocycles. The molecule has 0 aromatic rings. The van der Waals surface area contributed by atoms with Gasteiger partial charge in [-0.05, 0) is 53.5 Å². The van der Waals surface area contributed by atoms with Crippen LogP contribution in [0.15, 0.2) is 0 Å². The monoisotopic (exact) mass is 254 g/mol. The maximum absolute atomic E-state index is 6.25. The highest BCUT2D eigenvalue weighted by Crippen LogP contribution is 2.41. The number of ether oxygens (including phenoxy) is 1. The van der Waals surface area contributed by atoms with E-state index >= 15 is 0 Å². The van der Waals surface area contributed by atoms with Gasteiger partial charge < -0.3 is 10.5 Å². The molecule has 2 saturated heterocycles. The Bertz CT molecular complexity index is 288. The highest BCUT2D eigenvalue weighted by Gasteiger charge is 2.49. The van der Waals surface area contributed by atoms with Crippen LogP contribution >= 0.6 is 0 Å². The minimum absolute atomic E-state index is 0.000377. The molecule has 3 nitrogen and oxygen atoms in total. The molecule has 0 radical (unpaired) electrons. The third kappa shape index (κ3) is 2.89. The molecule has 2 heterocycles. The van der Waals surface area contributed by atoms with Gasteiger partial charge in [0.1, 0.15) is 0 Å². The Morgan fingerprint density at radius 1 is 1.17 bits per heavy atom. The summed E-state index contributed by atoms with van der Waals surface area (Å²) in [7, 11) is 0. The largest absolute Gasteiger partial charge is 0.368 e. The fourth-order valence-electron chi connectivity index (χ4n) is 3.91. The van der Waals surface area contributed by atoms with Gasteiger partial charge in [0.15, 0.2) is 0 Å². The van der Waals surface area contributed by atoms with Crippen molar-refractivity contribution in [2.45, 2.75) is 83.1 Å². The summed E-state index contributed by atoms with van der Waals surface area (Å²) in [5.41, 5.74) is 5.95. The van der Waals surface area contributed by atoms with Crippen molar-refractivity contribution in [3.63, 3.8) is 0 Å². The third-order valence-corrected chi connectivity index (χ3v) is 4.62. The summed E-state index contributed by atoms with van der Waals surface area (Å²) in [6.07, 6.45) is 6.36. The fourth-order valence-corrected chi connectivity index (χ4v) is 3.91. The molecule has 0 aliphatic carbocycles. The molecule has 0 aromatic heterocycles. The Balaban J connectivity index is 2.17. The van der Waals surface area contributed by atoms with Gasteiger partial charge in [-0.25, -0.2) is 0 Å². The summed E-state index contributed by atoms with van der Waals surface area (Å²) in [4.78, 5) is 2.65. The van der Waals surface area contributed by atoms with Gasteiger partial charge in [0.25, 0.3) is 0 Å². The van der Waals surface area contributed by atoms with E-state index in [-0.39, 0.29) is 11.2 Å². The van der Waals surface area contributed by atoms with Gasteiger partial charge in [0.05, 0.1) is 11.2 Å². The summed E-state index contributed by atoms with van der Waals surface area (Å²) in [6, 6.07) is 1.06. The smallest absolute Gasteiger partial charge is 0.0789 e. The Morgan fingerprint density at radius 2 is 1.89 bits per heavy atom. The van der Waals surface area contributed by atoms with Crippen molar-refractivity contribution >= 4 is 0 Å². The average molecular weight is 254 g/mol. The summed E-state index contributed by atoms with van der Waals surface area (Å²) in [6.45, 7) is 10.9. The molecular weight excluding hydrogens is 224 g/mol. The number of rotatable bonds is 2. The van der Waals surface area contributed by atoms with Crippen LogP contribution in [0.1, 0.15) is 59.8 Å². The lowest BCUT2D eigenvalue weighted by Crippen LogP contribution is -2.53. The van der Waals surface area contributed by atoms with Gasteiger partial charge in [-0.2, -0.15) is 0 Å². The maximum atomic E-state index is 6.25. The fraction of sp³-hybridized carbons (Fsp3) is 1.00. The molecule has 18 heavy (non-hydrogen) atoms. The minimum Gasteiger partial charge on any atom is -0.368 e. The number of nitrogens with zero attached hydrogens (tertiary/aromatic N) is 1. The summed E-state index contributed by atoms with van der Waals surface area (Å²) in [5, 5.41) is 0. The Hall–Kier alpha value is -0.120. The first kappa shape index (κ1) is 14.3. The van der Waals surface area contributed by atoms with Crippen LogP contribution in [0.25, 0.3) is 0 Å². The van der Waals surface area contributed by atoms with Crippen LogP contribution in [-0.4, -0.2) is 41.3 Å². The molecule has 2 aliphatic rings. The van der Waals surface area contributed by atoms with E-state index in [0.29, 0.717) is 12.1 Å². The Morgan fingerprint density at radius 3 is 2.44 bits per heavy atom. The van der Waals surface area contributed by atoms with Crippen LogP contribution in [0.5, 0.6) is 0 Å². The summed E-state index contributed by atoms with van der Waals surface area (Å²) < 4.78 is 6.25. The van der Waals surface area contributed by atoms with Crippen molar-refractivity contribution in [3.8, 4) is 0 Å². The lowest BCUT2D eigenvalue weighted by Gasteiger charge is -2.40. The third-order valence-electron chi connectivity index (χ3n) is 4.62. The highest BCUT2D eigenvalue weighted by atomic mass is 16.5. The van der Waals surface area contributed by atoms with Gasteiger partial charge in [-0.1, -0.05) is 12.8 Å². The van der Waals surface area contributed by atoms with Crippen molar-refractivity contribution in [2.24, 2.45) is 5.73 Å². The lowest BCUT2D eigenvalue weighted by molar-refractivity contribution is -0.0837. The molecule has 2 aliphatic heterocycles. The van der Waals surface area contributed by atoms with Gasteiger partial charge in [0.2, 0.25) is 0 Å². The van der Waals surface area contributed by atoms with Crippen LogP contribution in [0.2, 0.25) is 0 Å². The van der Waals surface area contributed by atoms with E-state index in [1.165, 1.54) is 32.2 Å². The van der Waals surface area contributed by atoms with E-state index in [4.69, 9.17) is 10.5 Å². The number of hydrogen-bond acceptors (Lipinski definition) is 3. The summed E-state index contributed by atoms with van der Waals surface area (Å²) in [5.74, 6) is 0. The van der Waals surface area contributed by atoms with Crippen LogP contribution in [0.3, 0.4) is 0 Å². The van der Waals surface area contributed by atoms with Gasteiger partial charge in [-0.3, -0.25) is 4.90 Å². The van der Waals surface area contributed by atoms with E-state index in [2.05, 4.69) is 32.6 Å². The second-order valence-electron chi connectivity index (χ2n) is 7.16. The second kappa shape index (κ2) is 5.10. The van der Waals surface area contributed by atoms with Crippen LogP contribution < -0.4 is 5.73 Å².